The van der Waals surface area contributed by atoms with Crippen LogP contribution in [0.3, 0.4) is 0 Å². The summed E-state index contributed by atoms with van der Waals surface area (Å²) in [7, 11) is -3.98. The third-order valence-corrected chi connectivity index (χ3v) is 11.1. The maximum Gasteiger partial charge on any atom is 0.277 e. The number of nitrogens with zero attached hydrogens (tertiary/aromatic N) is 1. The molecule has 0 aliphatic carbocycles. The summed E-state index contributed by atoms with van der Waals surface area (Å²) in [5.41, 5.74) is 7.84. The number of non-ortho nitro benzene ring substituents is 1. The van der Waals surface area contributed by atoms with E-state index in [1.165, 1.54) is 31.4 Å². The molecule has 0 aliphatic heterocycles. The number of sulfone groups is 2. The summed E-state index contributed by atoms with van der Waals surface area (Å²) in [5.74, 6) is 0.888. The second-order valence-electron chi connectivity index (χ2n) is 10.8. The molecular weight excluding hydrogens is 653 g/mol. The Labute approximate surface area is 278 Å². The molecule has 0 aromatic heterocycles. The number of nitrogen functional groups attached to an aromatic ring is 1. The summed E-state index contributed by atoms with van der Waals surface area (Å²) in [4.78, 5) is 11.2. The second kappa shape index (κ2) is 14.1. The van der Waals surface area contributed by atoms with Gasteiger partial charge in [-0.1, -0.05) is 54.6 Å². The lowest BCUT2D eigenvalue weighted by Gasteiger charge is -2.10. The Balaban J connectivity index is 0.000000188. The first kappa shape index (κ1) is 33.9. The molecule has 2 N–H and O–H groups in total. The van der Waals surface area contributed by atoms with Gasteiger partial charge in [0.2, 0.25) is 0 Å². The predicted octanol–water partition coefficient (Wildman–Crippen LogP) is 7.14. The molecular formula is C36H32N2O8S2. The normalized spacial score (nSPS) is 11.5. The molecule has 0 heterocycles. The van der Waals surface area contributed by atoms with Gasteiger partial charge in [0.15, 0.2) is 19.7 Å². The standard InChI is InChI=1S/C18H15NO5S.C18H17NO3S/c1-24-14-7-9-15(10-8-14)25(22,23)12-13-6-11-18(19(20)21)17-5-3-2-4-16(13)17;1-22-14-7-9-15(10-8-14)23(20,21)12-13-6-11-18(19)17-5-3-2-4-16(13)17/h2-11H,12H2,1H3;2-11H,12,19H2,1H3. The quantitative estimate of drug-likeness (QED) is 0.0950. The van der Waals surface area contributed by atoms with Crippen molar-refractivity contribution in [1.82, 2.24) is 0 Å². The van der Waals surface area contributed by atoms with E-state index in [1.807, 2.05) is 24.3 Å². The molecule has 0 unspecified atom stereocenters. The number of nitro groups is 1. The summed E-state index contributed by atoms with van der Waals surface area (Å²) >= 11 is 0. The van der Waals surface area contributed by atoms with Gasteiger partial charge in [0.25, 0.3) is 5.69 Å². The Morgan fingerprint density at radius 2 is 0.958 bits per heavy atom. The number of methoxy groups -OCH3 is 2. The zero-order valence-electron chi connectivity index (χ0n) is 26.1. The van der Waals surface area contributed by atoms with Gasteiger partial charge < -0.3 is 15.2 Å². The van der Waals surface area contributed by atoms with Crippen LogP contribution in [0.2, 0.25) is 0 Å². The molecule has 0 aliphatic rings. The van der Waals surface area contributed by atoms with E-state index in [1.54, 1.807) is 79.9 Å². The fourth-order valence-electron chi connectivity index (χ4n) is 5.28. The van der Waals surface area contributed by atoms with Crippen molar-refractivity contribution in [1.29, 1.82) is 0 Å². The molecule has 10 nitrogen and oxygen atoms in total. The van der Waals surface area contributed by atoms with Crippen molar-refractivity contribution < 1.29 is 31.2 Å². The van der Waals surface area contributed by atoms with E-state index < -0.39 is 24.6 Å². The van der Waals surface area contributed by atoms with Gasteiger partial charge >= 0.3 is 0 Å². The van der Waals surface area contributed by atoms with Crippen molar-refractivity contribution in [2.45, 2.75) is 21.3 Å². The monoisotopic (exact) mass is 684 g/mol. The molecule has 0 amide bonds. The van der Waals surface area contributed by atoms with Gasteiger partial charge in [-0.15, -0.1) is 0 Å². The minimum absolute atomic E-state index is 0.0406. The topological polar surface area (TPSA) is 156 Å². The third-order valence-electron chi connectivity index (χ3n) is 7.76. The highest BCUT2D eigenvalue weighted by molar-refractivity contribution is 7.91. The number of hydrogen-bond donors (Lipinski definition) is 1. The highest BCUT2D eigenvalue weighted by Gasteiger charge is 2.21. The number of rotatable bonds is 9. The van der Waals surface area contributed by atoms with Gasteiger partial charge in [0, 0.05) is 17.1 Å². The zero-order chi connectivity index (χ0) is 34.5. The molecule has 0 spiro atoms. The molecule has 0 saturated carbocycles. The molecule has 0 bridgehead atoms. The van der Waals surface area contributed by atoms with Crippen molar-refractivity contribution in [3.8, 4) is 11.5 Å². The Morgan fingerprint density at radius 3 is 1.40 bits per heavy atom. The number of hydrogen-bond acceptors (Lipinski definition) is 9. The first-order chi connectivity index (χ1) is 22.9. The fourth-order valence-corrected chi connectivity index (χ4v) is 8.04. The van der Waals surface area contributed by atoms with Gasteiger partial charge in [-0.2, -0.15) is 0 Å². The molecule has 6 aromatic carbocycles. The van der Waals surface area contributed by atoms with Crippen molar-refractivity contribution in [3.63, 3.8) is 0 Å². The lowest BCUT2D eigenvalue weighted by atomic mass is 10.0. The van der Waals surface area contributed by atoms with E-state index in [4.69, 9.17) is 15.2 Å². The van der Waals surface area contributed by atoms with Crippen LogP contribution in [0, 0.1) is 10.1 Å². The van der Waals surface area contributed by atoms with Gasteiger partial charge in [-0.05, 0) is 82.6 Å². The number of anilines is 1. The minimum atomic E-state index is -3.59. The van der Waals surface area contributed by atoms with E-state index in [-0.39, 0.29) is 27.0 Å². The molecule has 6 rings (SSSR count). The summed E-state index contributed by atoms with van der Waals surface area (Å²) in [6.45, 7) is 0. The number of fused-ring (bicyclic) bond motifs is 2. The lowest BCUT2D eigenvalue weighted by Crippen LogP contribution is -2.06. The largest absolute Gasteiger partial charge is 0.497 e. The molecule has 48 heavy (non-hydrogen) atoms. The van der Waals surface area contributed by atoms with Gasteiger partial charge in [-0.25, -0.2) is 16.8 Å². The van der Waals surface area contributed by atoms with Crippen molar-refractivity contribution in [2.24, 2.45) is 0 Å². The molecule has 0 radical (unpaired) electrons. The van der Waals surface area contributed by atoms with Crippen LogP contribution in [-0.4, -0.2) is 36.0 Å². The van der Waals surface area contributed by atoms with E-state index in [2.05, 4.69) is 0 Å². The van der Waals surface area contributed by atoms with Gasteiger partial charge in [0.1, 0.15) is 11.5 Å². The third kappa shape index (κ3) is 7.40. The molecule has 12 heteroatoms. The van der Waals surface area contributed by atoms with Crippen LogP contribution >= 0.6 is 0 Å². The van der Waals surface area contributed by atoms with Crippen LogP contribution in [-0.2, 0) is 31.2 Å². The molecule has 6 aromatic rings. The first-order valence-electron chi connectivity index (χ1n) is 14.6. The summed E-state index contributed by atoms with van der Waals surface area (Å²) in [5, 5.41) is 13.9. The Bertz CT molecular complexity index is 2320. The smallest absolute Gasteiger partial charge is 0.277 e. The fraction of sp³-hybridized carbons (Fsp3) is 0.111. The van der Waals surface area contributed by atoms with Crippen LogP contribution in [0.15, 0.2) is 131 Å². The van der Waals surface area contributed by atoms with Gasteiger partial charge in [-0.3, -0.25) is 10.1 Å². The Kier molecular flexibility index (Phi) is 9.97. The second-order valence-corrected chi connectivity index (χ2v) is 14.8. The maximum atomic E-state index is 12.7. The maximum absolute atomic E-state index is 12.7. The van der Waals surface area contributed by atoms with Crippen LogP contribution < -0.4 is 15.2 Å². The predicted molar refractivity (Wildman–Crippen MR) is 187 cm³/mol. The number of ether oxygens (including phenoxy) is 2. The van der Waals surface area contributed by atoms with E-state index in [0.29, 0.717) is 33.5 Å². The molecule has 0 atom stereocenters. The average Bonchev–Trinajstić information content (AvgIpc) is 3.10. The van der Waals surface area contributed by atoms with Crippen molar-refractivity contribution >= 4 is 52.6 Å². The van der Waals surface area contributed by atoms with E-state index in [9.17, 15) is 26.9 Å². The van der Waals surface area contributed by atoms with Crippen LogP contribution in [0.4, 0.5) is 11.4 Å². The lowest BCUT2D eigenvalue weighted by molar-refractivity contribution is -0.383. The number of nitro benzene ring substituents is 1. The minimum Gasteiger partial charge on any atom is -0.497 e. The van der Waals surface area contributed by atoms with Crippen LogP contribution in [0.1, 0.15) is 11.1 Å². The molecule has 0 saturated heterocycles. The zero-order valence-corrected chi connectivity index (χ0v) is 27.7. The van der Waals surface area contributed by atoms with Crippen LogP contribution in [0.25, 0.3) is 21.5 Å². The average molecular weight is 685 g/mol. The Morgan fingerprint density at radius 1 is 0.562 bits per heavy atom. The summed E-state index contributed by atoms with van der Waals surface area (Å²) in [6.07, 6.45) is 0. The number of benzene rings is 6. The molecule has 246 valence electrons. The van der Waals surface area contributed by atoms with E-state index in [0.717, 1.165) is 16.3 Å². The van der Waals surface area contributed by atoms with Crippen LogP contribution in [0.5, 0.6) is 11.5 Å². The SMILES string of the molecule is COc1ccc(S(=O)(=O)Cc2ccc(N)c3ccccc23)cc1.COc1ccc(S(=O)(=O)Cc2ccc([N+](=O)[O-])c3ccccc23)cc1. The summed E-state index contributed by atoms with van der Waals surface area (Å²) < 4.78 is 60.8. The summed E-state index contributed by atoms with van der Waals surface area (Å²) in [6, 6.07) is 33.2. The highest BCUT2D eigenvalue weighted by atomic mass is 32.2. The Hall–Kier alpha value is -5.46. The molecule has 0 fully saturated rings. The van der Waals surface area contributed by atoms with Gasteiger partial charge in [0.05, 0.1) is 45.8 Å². The number of nitrogens with two attached hydrogens (primary N) is 1. The van der Waals surface area contributed by atoms with E-state index >= 15 is 0 Å². The highest BCUT2D eigenvalue weighted by Crippen LogP contribution is 2.31. The first-order valence-corrected chi connectivity index (χ1v) is 17.9. The van der Waals surface area contributed by atoms with Crippen molar-refractivity contribution in [2.75, 3.05) is 20.0 Å². The van der Waals surface area contributed by atoms with Crippen molar-refractivity contribution in [3.05, 3.63) is 143 Å².